The lowest BCUT2D eigenvalue weighted by atomic mass is 9.99. The summed E-state index contributed by atoms with van der Waals surface area (Å²) in [5.41, 5.74) is 6.22. The van der Waals surface area contributed by atoms with E-state index in [1.807, 2.05) is 0 Å². The molecule has 0 fully saturated rings. The second kappa shape index (κ2) is 5.63. The van der Waals surface area contributed by atoms with Crippen LogP contribution in [0.15, 0.2) is 36.4 Å². The number of hydrogen-bond donors (Lipinski definition) is 1. The number of rotatable bonds is 3. The highest BCUT2D eigenvalue weighted by Gasteiger charge is 2.16. The van der Waals surface area contributed by atoms with Crippen molar-refractivity contribution in [1.29, 1.82) is 0 Å². The summed E-state index contributed by atoms with van der Waals surface area (Å²) in [5.74, 6) is -1.81. The largest absolute Gasteiger partial charge is 0.324 e. The Bertz CT molecular complexity index is 581. The molecule has 1 nitrogen and oxygen atoms in total. The first-order valence-corrected chi connectivity index (χ1v) is 6.00. The van der Waals surface area contributed by atoms with Crippen molar-refractivity contribution < 1.29 is 13.2 Å². The van der Waals surface area contributed by atoms with Crippen LogP contribution in [0, 0.1) is 17.5 Å². The maximum absolute atomic E-state index is 13.5. The molecule has 0 radical (unpaired) electrons. The quantitative estimate of drug-likeness (QED) is 0.906. The zero-order valence-electron chi connectivity index (χ0n) is 9.84. The van der Waals surface area contributed by atoms with Crippen LogP contribution in [-0.4, -0.2) is 0 Å². The molecule has 0 heterocycles. The van der Waals surface area contributed by atoms with Crippen molar-refractivity contribution in [2.24, 2.45) is 5.73 Å². The number of benzene rings is 2. The van der Waals surface area contributed by atoms with Crippen LogP contribution in [0.1, 0.15) is 17.2 Å². The maximum atomic E-state index is 13.5. The fraction of sp³-hybridized carbons (Fsp3) is 0.143. The third-order valence-electron chi connectivity index (χ3n) is 2.85. The SMILES string of the molecule is NC(Cc1c(F)cccc1F)c1ccc(F)cc1Cl. The van der Waals surface area contributed by atoms with Crippen molar-refractivity contribution in [3.05, 3.63) is 70.0 Å². The molecule has 0 aliphatic carbocycles. The zero-order valence-corrected chi connectivity index (χ0v) is 10.6. The summed E-state index contributed by atoms with van der Waals surface area (Å²) < 4.78 is 39.9. The normalized spacial score (nSPS) is 12.5. The molecule has 5 heteroatoms. The van der Waals surface area contributed by atoms with Crippen LogP contribution in [0.25, 0.3) is 0 Å². The van der Waals surface area contributed by atoms with Gasteiger partial charge in [0.2, 0.25) is 0 Å². The minimum absolute atomic E-state index is 0.0517. The monoisotopic (exact) mass is 285 g/mol. The Morgan fingerprint density at radius 3 is 2.26 bits per heavy atom. The summed E-state index contributed by atoms with van der Waals surface area (Å²) in [4.78, 5) is 0. The van der Waals surface area contributed by atoms with Crippen molar-refractivity contribution in [2.45, 2.75) is 12.5 Å². The second-order valence-corrected chi connectivity index (χ2v) is 4.58. The molecule has 1 atom stereocenters. The van der Waals surface area contributed by atoms with E-state index in [2.05, 4.69) is 0 Å². The standard InChI is InChI=1S/C14H11ClF3N/c15-11-6-8(16)4-5-9(11)14(19)7-10-12(17)2-1-3-13(10)18/h1-6,14H,7,19H2. The summed E-state index contributed by atoms with van der Waals surface area (Å²) in [7, 11) is 0. The molecule has 0 saturated carbocycles. The smallest absolute Gasteiger partial charge is 0.129 e. The van der Waals surface area contributed by atoms with Gasteiger partial charge in [0, 0.05) is 16.6 Å². The van der Waals surface area contributed by atoms with Gasteiger partial charge in [-0.05, 0) is 36.2 Å². The van der Waals surface area contributed by atoms with Gasteiger partial charge in [-0.2, -0.15) is 0 Å². The van der Waals surface area contributed by atoms with Crippen LogP contribution < -0.4 is 5.73 Å². The van der Waals surface area contributed by atoms with Gasteiger partial charge in [0.25, 0.3) is 0 Å². The Balaban J connectivity index is 2.28. The molecule has 0 aromatic heterocycles. The van der Waals surface area contributed by atoms with Gasteiger partial charge in [0.15, 0.2) is 0 Å². The summed E-state index contributed by atoms with van der Waals surface area (Å²) in [6, 6.07) is 6.65. The van der Waals surface area contributed by atoms with E-state index >= 15 is 0 Å². The molecule has 0 aliphatic rings. The molecule has 19 heavy (non-hydrogen) atoms. The van der Waals surface area contributed by atoms with Crippen LogP contribution in [0.4, 0.5) is 13.2 Å². The van der Waals surface area contributed by atoms with Crippen molar-refractivity contribution in [1.82, 2.24) is 0 Å². The summed E-state index contributed by atoms with van der Waals surface area (Å²) in [6.45, 7) is 0. The first kappa shape index (κ1) is 13.9. The molecule has 0 aliphatic heterocycles. The Morgan fingerprint density at radius 1 is 1.05 bits per heavy atom. The Morgan fingerprint density at radius 2 is 1.68 bits per heavy atom. The van der Waals surface area contributed by atoms with Crippen molar-refractivity contribution in [3.8, 4) is 0 Å². The van der Waals surface area contributed by atoms with Gasteiger partial charge < -0.3 is 5.73 Å². The maximum Gasteiger partial charge on any atom is 0.129 e. The number of halogens is 4. The first-order chi connectivity index (χ1) is 8.99. The van der Waals surface area contributed by atoms with Gasteiger partial charge >= 0.3 is 0 Å². The molecular formula is C14H11ClF3N. The highest BCUT2D eigenvalue weighted by Crippen LogP contribution is 2.26. The van der Waals surface area contributed by atoms with Gasteiger partial charge in [0.05, 0.1) is 0 Å². The zero-order chi connectivity index (χ0) is 14.0. The summed E-state index contributed by atoms with van der Waals surface area (Å²) >= 11 is 5.86. The first-order valence-electron chi connectivity index (χ1n) is 5.62. The molecular weight excluding hydrogens is 275 g/mol. The Hall–Kier alpha value is -1.52. The van der Waals surface area contributed by atoms with Gasteiger partial charge in [-0.15, -0.1) is 0 Å². The minimum atomic E-state index is -0.709. The lowest BCUT2D eigenvalue weighted by Gasteiger charge is -2.14. The molecule has 0 saturated heterocycles. The highest BCUT2D eigenvalue weighted by atomic mass is 35.5. The molecule has 2 aromatic carbocycles. The Kier molecular flexibility index (Phi) is 4.12. The van der Waals surface area contributed by atoms with Gasteiger partial charge in [-0.3, -0.25) is 0 Å². The van der Waals surface area contributed by atoms with Crippen molar-refractivity contribution in [2.75, 3.05) is 0 Å². The van der Waals surface area contributed by atoms with E-state index in [1.54, 1.807) is 0 Å². The van der Waals surface area contributed by atoms with Crippen molar-refractivity contribution >= 4 is 11.6 Å². The van der Waals surface area contributed by atoms with Crippen LogP contribution in [0.2, 0.25) is 5.02 Å². The van der Waals surface area contributed by atoms with E-state index in [0.29, 0.717) is 5.56 Å². The molecule has 1 unspecified atom stereocenters. The van der Waals surface area contributed by atoms with E-state index in [1.165, 1.54) is 18.2 Å². The average Bonchev–Trinajstić information content (AvgIpc) is 2.33. The molecule has 2 rings (SSSR count). The predicted octanol–water partition coefficient (Wildman–Crippen LogP) is 4.00. The molecule has 2 N–H and O–H groups in total. The topological polar surface area (TPSA) is 26.0 Å². The second-order valence-electron chi connectivity index (χ2n) is 4.18. The van der Waals surface area contributed by atoms with E-state index < -0.39 is 23.5 Å². The van der Waals surface area contributed by atoms with E-state index in [0.717, 1.165) is 18.2 Å². The highest BCUT2D eigenvalue weighted by molar-refractivity contribution is 6.31. The van der Waals surface area contributed by atoms with Crippen LogP contribution in [-0.2, 0) is 6.42 Å². The van der Waals surface area contributed by atoms with Gasteiger partial charge in [-0.25, -0.2) is 13.2 Å². The molecule has 0 spiro atoms. The van der Waals surface area contributed by atoms with E-state index in [4.69, 9.17) is 17.3 Å². The molecule has 0 bridgehead atoms. The summed E-state index contributed by atoms with van der Waals surface area (Å²) in [5, 5.41) is 0.143. The van der Waals surface area contributed by atoms with E-state index in [9.17, 15) is 13.2 Å². The number of hydrogen-bond acceptors (Lipinski definition) is 1. The minimum Gasteiger partial charge on any atom is -0.324 e. The number of nitrogens with two attached hydrogens (primary N) is 1. The molecule has 100 valence electrons. The lowest BCUT2D eigenvalue weighted by Crippen LogP contribution is -2.15. The van der Waals surface area contributed by atoms with Crippen LogP contribution >= 0.6 is 11.6 Å². The Labute approximate surface area is 113 Å². The van der Waals surface area contributed by atoms with Gasteiger partial charge in [-0.1, -0.05) is 23.7 Å². The third kappa shape index (κ3) is 3.08. The fourth-order valence-corrected chi connectivity index (χ4v) is 2.17. The molecule has 0 amide bonds. The predicted molar refractivity (Wildman–Crippen MR) is 68.4 cm³/mol. The van der Waals surface area contributed by atoms with Crippen LogP contribution in [0.3, 0.4) is 0 Å². The average molecular weight is 286 g/mol. The van der Waals surface area contributed by atoms with Gasteiger partial charge in [0.1, 0.15) is 17.5 Å². The third-order valence-corrected chi connectivity index (χ3v) is 3.18. The molecule has 2 aromatic rings. The fourth-order valence-electron chi connectivity index (χ4n) is 1.86. The summed E-state index contributed by atoms with van der Waals surface area (Å²) in [6.07, 6.45) is -0.0517. The van der Waals surface area contributed by atoms with Crippen LogP contribution in [0.5, 0.6) is 0 Å². The van der Waals surface area contributed by atoms with Crippen molar-refractivity contribution in [3.63, 3.8) is 0 Å². The van der Waals surface area contributed by atoms with E-state index in [-0.39, 0.29) is 17.0 Å². The lowest BCUT2D eigenvalue weighted by molar-refractivity contribution is 0.539.